The molecule has 0 amide bonds. The van der Waals surface area contributed by atoms with Gasteiger partial charge in [-0.1, -0.05) is 18.2 Å². The molecule has 1 saturated heterocycles. The van der Waals surface area contributed by atoms with Crippen LogP contribution in [-0.4, -0.2) is 18.2 Å². The van der Waals surface area contributed by atoms with Gasteiger partial charge in [-0.15, -0.1) is 0 Å². The number of nitrogens with one attached hydrogen (secondary N) is 1. The molecule has 0 unspecified atom stereocenters. The molecule has 1 N–H and O–H groups in total. The first-order valence-electron chi connectivity index (χ1n) is 4.83. The van der Waals surface area contributed by atoms with Crippen LogP contribution < -0.4 is 5.32 Å². The quantitative estimate of drug-likeness (QED) is 0.850. The maximum absolute atomic E-state index is 12.2. The monoisotopic (exact) mass is 232 g/mol. The standard InChI is InChI=1S/C10H11F3N2O/c1-9(5-14-6-9)3-2-7-4-8(16-15-7)10(11,12)13/h2-4,14H,5-6H2,1H3/b3-2+. The van der Waals surface area contributed by atoms with Gasteiger partial charge in [-0.05, 0) is 6.08 Å². The van der Waals surface area contributed by atoms with Gasteiger partial charge in [0.05, 0.1) is 0 Å². The van der Waals surface area contributed by atoms with Crippen molar-refractivity contribution in [3.05, 3.63) is 23.6 Å². The summed E-state index contributed by atoms with van der Waals surface area (Å²) in [6.45, 7) is 3.67. The van der Waals surface area contributed by atoms with Gasteiger partial charge >= 0.3 is 6.18 Å². The highest BCUT2D eigenvalue weighted by molar-refractivity contribution is 5.46. The minimum Gasteiger partial charge on any atom is -0.351 e. The van der Waals surface area contributed by atoms with E-state index in [2.05, 4.69) is 15.0 Å². The molecule has 0 bridgehead atoms. The summed E-state index contributed by atoms with van der Waals surface area (Å²) in [6.07, 6.45) is -1.07. The van der Waals surface area contributed by atoms with E-state index >= 15 is 0 Å². The van der Waals surface area contributed by atoms with Crippen LogP contribution in [0, 0.1) is 5.41 Å². The van der Waals surface area contributed by atoms with Crippen molar-refractivity contribution >= 4 is 6.08 Å². The zero-order chi connectivity index (χ0) is 11.8. The van der Waals surface area contributed by atoms with Crippen LogP contribution in [0.2, 0.25) is 0 Å². The Morgan fingerprint density at radius 2 is 2.19 bits per heavy atom. The van der Waals surface area contributed by atoms with Crippen molar-refractivity contribution in [1.29, 1.82) is 0 Å². The lowest BCUT2D eigenvalue weighted by atomic mass is 9.84. The van der Waals surface area contributed by atoms with E-state index < -0.39 is 11.9 Å². The first kappa shape index (κ1) is 11.2. The summed E-state index contributed by atoms with van der Waals surface area (Å²) in [5.41, 5.74) is 0.206. The van der Waals surface area contributed by atoms with Crippen LogP contribution in [0.25, 0.3) is 6.08 Å². The molecule has 2 heterocycles. The minimum absolute atomic E-state index is 0.0113. The van der Waals surface area contributed by atoms with Gasteiger partial charge in [0.1, 0.15) is 5.69 Å². The summed E-state index contributed by atoms with van der Waals surface area (Å²) in [5.74, 6) is -1.07. The average Bonchev–Trinajstić information content (AvgIpc) is 2.59. The summed E-state index contributed by atoms with van der Waals surface area (Å²) in [4.78, 5) is 0. The fraction of sp³-hybridized carbons (Fsp3) is 0.500. The lowest BCUT2D eigenvalue weighted by Crippen LogP contribution is -2.49. The molecule has 1 fully saturated rings. The van der Waals surface area contributed by atoms with Gasteiger partial charge < -0.3 is 9.84 Å². The molecule has 88 valence electrons. The summed E-state index contributed by atoms with van der Waals surface area (Å²) >= 11 is 0. The molecule has 6 heteroatoms. The normalized spacial score (nSPS) is 20.0. The van der Waals surface area contributed by atoms with Crippen LogP contribution in [0.1, 0.15) is 18.4 Å². The molecular formula is C10H11F3N2O. The van der Waals surface area contributed by atoms with Crippen LogP contribution in [0.4, 0.5) is 13.2 Å². The van der Waals surface area contributed by atoms with E-state index in [0.717, 1.165) is 19.2 Å². The Kier molecular flexibility index (Phi) is 2.53. The zero-order valence-corrected chi connectivity index (χ0v) is 8.64. The van der Waals surface area contributed by atoms with Crippen LogP contribution in [0.15, 0.2) is 16.7 Å². The van der Waals surface area contributed by atoms with E-state index in [1.165, 1.54) is 0 Å². The van der Waals surface area contributed by atoms with Crippen molar-refractivity contribution in [3.8, 4) is 0 Å². The van der Waals surface area contributed by atoms with Crippen molar-refractivity contribution in [1.82, 2.24) is 10.5 Å². The van der Waals surface area contributed by atoms with Gasteiger partial charge in [0.2, 0.25) is 5.76 Å². The second-order valence-electron chi connectivity index (χ2n) is 4.20. The summed E-state index contributed by atoms with van der Waals surface area (Å²) < 4.78 is 40.8. The topological polar surface area (TPSA) is 38.1 Å². The number of aromatic nitrogens is 1. The highest BCUT2D eigenvalue weighted by Gasteiger charge is 2.36. The molecule has 1 aliphatic heterocycles. The van der Waals surface area contributed by atoms with Crippen LogP contribution in [0.5, 0.6) is 0 Å². The first-order chi connectivity index (χ1) is 7.39. The van der Waals surface area contributed by atoms with E-state index in [0.29, 0.717) is 0 Å². The van der Waals surface area contributed by atoms with Crippen molar-refractivity contribution in [3.63, 3.8) is 0 Å². The van der Waals surface area contributed by atoms with Crippen molar-refractivity contribution in [2.75, 3.05) is 13.1 Å². The highest BCUT2D eigenvalue weighted by Crippen LogP contribution is 2.30. The lowest BCUT2D eigenvalue weighted by molar-refractivity contribution is -0.155. The molecule has 0 radical (unpaired) electrons. The predicted octanol–water partition coefficient (Wildman–Crippen LogP) is 2.32. The molecule has 1 aromatic heterocycles. The number of nitrogens with zero attached hydrogens (tertiary/aromatic N) is 1. The van der Waals surface area contributed by atoms with Crippen LogP contribution >= 0.6 is 0 Å². The van der Waals surface area contributed by atoms with E-state index in [1.807, 2.05) is 13.0 Å². The Bertz CT molecular complexity index is 404. The first-order valence-corrected chi connectivity index (χ1v) is 4.83. The molecule has 1 aromatic rings. The second-order valence-corrected chi connectivity index (χ2v) is 4.20. The maximum Gasteiger partial charge on any atom is 0.452 e. The van der Waals surface area contributed by atoms with Gasteiger partial charge in [-0.2, -0.15) is 13.2 Å². The molecule has 3 nitrogen and oxygen atoms in total. The molecule has 0 aliphatic carbocycles. The molecule has 0 saturated carbocycles. The minimum atomic E-state index is -4.47. The Morgan fingerprint density at radius 3 is 2.62 bits per heavy atom. The molecule has 1 aliphatic rings. The number of hydrogen-bond acceptors (Lipinski definition) is 3. The third-order valence-corrected chi connectivity index (χ3v) is 2.52. The van der Waals surface area contributed by atoms with Gasteiger partial charge in [0.25, 0.3) is 0 Å². The fourth-order valence-electron chi connectivity index (χ4n) is 1.42. The second kappa shape index (κ2) is 3.62. The number of rotatable bonds is 2. The maximum atomic E-state index is 12.2. The number of hydrogen-bond donors (Lipinski definition) is 1. The van der Waals surface area contributed by atoms with Gasteiger partial charge in [0.15, 0.2) is 0 Å². The third-order valence-electron chi connectivity index (χ3n) is 2.52. The molecular weight excluding hydrogens is 221 g/mol. The summed E-state index contributed by atoms with van der Waals surface area (Å²) in [6, 6.07) is 0.895. The predicted molar refractivity (Wildman–Crippen MR) is 51.5 cm³/mol. The Labute approximate surface area is 90.3 Å². The van der Waals surface area contributed by atoms with Gasteiger partial charge in [-0.3, -0.25) is 0 Å². The summed E-state index contributed by atoms with van der Waals surface area (Å²) in [5, 5.41) is 6.43. The Morgan fingerprint density at radius 1 is 1.50 bits per heavy atom. The number of alkyl halides is 3. The summed E-state index contributed by atoms with van der Waals surface area (Å²) in [7, 11) is 0. The fourth-order valence-corrected chi connectivity index (χ4v) is 1.42. The molecule has 0 spiro atoms. The van der Waals surface area contributed by atoms with Crippen molar-refractivity contribution in [2.24, 2.45) is 5.41 Å². The van der Waals surface area contributed by atoms with E-state index in [4.69, 9.17) is 0 Å². The van der Waals surface area contributed by atoms with Crippen LogP contribution in [-0.2, 0) is 6.18 Å². The molecule has 16 heavy (non-hydrogen) atoms. The molecule has 0 atom stereocenters. The van der Waals surface area contributed by atoms with Crippen molar-refractivity contribution < 1.29 is 17.7 Å². The Balaban J connectivity index is 2.08. The third kappa shape index (κ3) is 2.27. The van der Waals surface area contributed by atoms with E-state index in [-0.39, 0.29) is 11.1 Å². The average molecular weight is 232 g/mol. The van der Waals surface area contributed by atoms with E-state index in [9.17, 15) is 13.2 Å². The lowest BCUT2D eigenvalue weighted by Gasteiger charge is -2.36. The molecule has 0 aromatic carbocycles. The Hall–Kier alpha value is -1.30. The highest BCUT2D eigenvalue weighted by atomic mass is 19.4. The zero-order valence-electron chi connectivity index (χ0n) is 8.64. The van der Waals surface area contributed by atoms with E-state index in [1.54, 1.807) is 6.08 Å². The largest absolute Gasteiger partial charge is 0.452 e. The SMILES string of the molecule is CC1(/C=C/c2cc(C(F)(F)F)on2)CNC1. The smallest absolute Gasteiger partial charge is 0.351 e. The molecule has 2 rings (SSSR count). The number of halogens is 3. The van der Waals surface area contributed by atoms with Gasteiger partial charge in [0, 0.05) is 24.6 Å². The van der Waals surface area contributed by atoms with Crippen LogP contribution in [0.3, 0.4) is 0 Å². The van der Waals surface area contributed by atoms with Crippen molar-refractivity contribution in [2.45, 2.75) is 13.1 Å². The van der Waals surface area contributed by atoms with Gasteiger partial charge in [-0.25, -0.2) is 0 Å².